The number of ether oxygens (including phenoxy) is 1. The summed E-state index contributed by atoms with van der Waals surface area (Å²) in [6.45, 7) is 4.66. The molecule has 3 aromatic rings. The molecule has 1 aromatic heterocycles. The van der Waals surface area contributed by atoms with Crippen LogP contribution >= 0.6 is 11.6 Å². The van der Waals surface area contributed by atoms with Gasteiger partial charge in [0.25, 0.3) is 0 Å². The lowest BCUT2D eigenvalue weighted by Gasteiger charge is -2.12. The number of halogens is 1. The molecule has 0 saturated heterocycles. The Morgan fingerprint density at radius 2 is 1.85 bits per heavy atom. The number of hydrogen-bond donors (Lipinski definition) is 2. The predicted octanol–water partition coefficient (Wildman–Crippen LogP) is 5.15. The van der Waals surface area contributed by atoms with Gasteiger partial charge in [0.05, 0.1) is 7.11 Å². The minimum absolute atomic E-state index is 0.542. The molecule has 140 valence electrons. The van der Waals surface area contributed by atoms with Crippen LogP contribution < -0.4 is 15.4 Å². The molecule has 0 bridgehead atoms. The SMILES string of the molecule is COc1ccccc1CCNc1cc(C)nc(Nc2cccc(Cl)c2C)n1. The molecule has 0 fully saturated rings. The molecule has 3 rings (SSSR count). The van der Waals surface area contributed by atoms with E-state index >= 15 is 0 Å². The maximum Gasteiger partial charge on any atom is 0.229 e. The monoisotopic (exact) mass is 382 g/mol. The van der Waals surface area contributed by atoms with Crippen molar-refractivity contribution in [2.24, 2.45) is 0 Å². The van der Waals surface area contributed by atoms with Crippen LogP contribution in [0.4, 0.5) is 17.5 Å². The summed E-state index contributed by atoms with van der Waals surface area (Å²) in [5, 5.41) is 7.33. The number of para-hydroxylation sites is 1. The standard InChI is InChI=1S/C21H23ClN4O/c1-14-13-20(23-12-11-16-7-4-5-10-19(16)27-3)26-21(24-14)25-18-9-6-8-17(22)15(18)2/h4-10,13H,11-12H2,1-3H3,(H2,23,24,25,26). The molecule has 0 atom stereocenters. The molecule has 0 spiro atoms. The second kappa shape index (κ2) is 8.73. The van der Waals surface area contributed by atoms with E-state index in [-0.39, 0.29) is 0 Å². The van der Waals surface area contributed by atoms with Crippen molar-refractivity contribution < 1.29 is 4.74 Å². The molecule has 0 aliphatic carbocycles. The van der Waals surface area contributed by atoms with Gasteiger partial charge in [-0.15, -0.1) is 0 Å². The fourth-order valence-electron chi connectivity index (χ4n) is 2.81. The first-order valence-corrected chi connectivity index (χ1v) is 9.18. The molecule has 2 N–H and O–H groups in total. The highest BCUT2D eigenvalue weighted by atomic mass is 35.5. The van der Waals surface area contributed by atoms with E-state index in [2.05, 4.69) is 26.7 Å². The largest absolute Gasteiger partial charge is 0.496 e. The van der Waals surface area contributed by atoms with Gasteiger partial charge in [-0.05, 0) is 49.6 Å². The van der Waals surface area contributed by atoms with Gasteiger partial charge in [-0.25, -0.2) is 4.98 Å². The molecule has 0 saturated carbocycles. The van der Waals surface area contributed by atoms with Gasteiger partial charge in [0.2, 0.25) is 5.95 Å². The van der Waals surface area contributed by atoms with Crippen LogP contribution in [0.1, 0.15) is 16.8 Å². The summed E-state index contributed by atoms with van der Waals surface area (Å²) in [5.74, 6) is 2.22. The molecule has 0 unspecified atom stereocenters. The number of aromatic nitrogens is 2. The number of nitrogens with one attached hydrogen (secondary N) is 2. The molecule has 0 amide bonds. The van der Waals surface area contributed by atoms with Crippen molar-refractivity contribution in [3.63, 3.8) is 0 Å². The first-order valence-electron chi connectivity index (χ1n) is 8.80. The third kappa shape index (κ3) is 4.89. The van der Waals surface area contributed by atoms with E-state index < -0.39 is 0 Å². The molecule has 0 aliphatic heterocycles. The molecule has 0 aliphatic rings. The van der Waals surface area contributed by atoms with E-state index in [1.165, 1.54) is 0 Å². The third-order valence-electron chi connectivity index (χ3n) is 4.26. The van der Waals surface area contributed by atoms with Crippen LogP contribution in [0.5, 0.6) is 5.75 Å². The van der Waals surface area contributed by atoms with Gasteiger partial charge in [-0.3, -0.25) is 0 Å². The molecule has 1 heterocycles. The van der Waals surface area contributed by atoms with Gasteiger partial charge in [-0.1, -0.05) is 35.9 Å². The lowest BCUT2D eigenvalue weighted by molar-refractivity contribution is 0.410. The Kier molecular flexibility index (Phi) is 6.14. The van der Waals surface area contributed by atoms with Crippen LogP contribution in [0, 0.1) is 13.8 Å². The zero-order valence-electron chi connectivity index (χ0n) is 15.7. The number of methoxy groups -OCH3 is 1. The normalized spacial score (nSPS) is 10.5. The topological polar surface area (TPSA) is 59.1 Å². The number of nitrogens with zero attached hydrogens (tertiary/aromatic N) is 2. The first-order chi connectivity index (χ1) is 13.1. The molecule has 6 heteroatoms. The maximum atomic E-state index is 6.19. The van der Waals surface area contributed by atoms with Crippen molar-refractivity contribution >= 4 is 29.1 Å². The smallest absolute Gasteiger partial charge is 0.229 e. The highest BCUT2D eigenvalue weighted by Crippen LogP contribution is 2.25. The zero-order chi connectivity index (χ0) is 19.2. The van der Waals surface area contributed by atoms with Crippen LogP contribution in [0.25, 0.3) is 0 Å². The summed E-state index contributed by atoms with van der Waals surface area (Å²) in [4.78, 5) is 9.03. The Labute approximate surface area is 164 Å². The second-order valence-electron chi connectivity index (χ2n) is 6.24. The summed E-state index contributed by atoms with van der Waals surface area (Å²) in [5.41, 5.74) is 3.90. The van der Waals surface area contributed by atoms with Crippen LogP contribution in [0.15, 0.2) is 48.5 Å². The second-order valence-corrected chi connectivity index (χ2v) is 6.65. The van der Waals surface area contributed by atoms with Crippen molar-refractivity contribution in [1.29, 1.82) is 0 Å². The Bertz CT molecular complexity index is 930. The highest BCUT2D eigenvalue weighted by Gasteiger charge is 2.07. The predicted molar refractivity (Wildman–Crippen MR) is 111 cm³/mol. The first kappa shape index (κ1) is 19.0. The van der Waals surface area contributed by atoms with Gasteiger partial charge in [0, 0.05) is 29.0 Å². The fraction of sp³-hybridized carbons (Fsp3) is 0.238. The van der Waals surface area contributed by atoms with Crippen molar-refractivity contribution in [1.82, 2.24) is 9.97 Å². The molecule has 2 aromatic carbocycles. The van der Waals surface area contributed by atoms with Gasteiger partial charge >= 0.3 is 0 Å². The number of aryl methyl sites for hydroxylation is 1. The van der Waals surface area contributed by atoms with Gasteiger partial charge in [-0.2, -0.15) is 4.98 Å². The Hall–Kier alpha value is -2.79. The van der Waals surface area contributed by atoms with Crippen molar-refractivity contribution in [2.45, 2.75) is 20.3 Å². The molecule has 27 heavy (non-hydrogen) atoms. The van der Waals surface area contributed by atoms with E-state index in [1.54, 1.807) is 7.11 Å². The minimum atomic E-state index is 0.542. The van der Waals surface area contributed by atoms with E-state index in [9.17, 15) is 0 Å². The fourth-order valence-corrected chi connectivity index (χ4v) is 2.99. The number of anilines is 3. The van der Waals surface area contributed by atoms with Crippen molar-refractivity contribution in [3.8, 4) is 5.75 Å². The zero-order valence-corrected chi connectivity index (χ0v) is 16.5. The van der Waals surface area contributed by atoms with E-state index in [4.69, 9.17) is 16.3 Å². The van der Waals surface area contributed by atoms with Crippen molar-refractivity contribution in [3.05, 3.63) is 70.4 Å². The van der Waals surface area contributed by atoms with E-state index in [1.807, 2.05) is 56.3 Å². The van der Waals surface area contributed by atoms with E-state index in [0.29, 0.717) is 11.0 Å². The average Bonchev–Trinajstić information content (AvgIpc) is 2.65. The minimum Gasteiger partial charge on any atom is -0.496 e. The van der Waals surface area contributed by atoms with Crippen molar-refractivity contribution in [2.75, 3.05) is 24.3 Å². The molecular weight excluding hydrogens is 360 g/mol. The maximum absolute atomic E-state index is 6.19. The summed E-state index contributed by atoms with van der Waals surface area (Å²) >= 11 is 6.19. The molecule has 0 radical (unpaired) electrons. The summed E-state index contributed by atoms with van der Waals surface area (Å²) in [6, 6.07) is 15.7. The Morgan fingerprint density at radius 3 is 2.67 bits per heavy atom. The van der Waals surface area contributed by atoms with Gasteiger partial charge in [0.1, 0.15) is 11.6 Å². The lowest BCUT2D eigenvalue weighted by Crippen LogP contribution is -2.09. The van der Waals surface area contributed by atoms with Crippen LogP contribution in [0.2, 0.25) is 5.02 Å². The Morgan fingerprint density at radius 1 is 1.04 bits per heavy atom. The van der Waals surface area contributed by atoms with E-state index in [0.717, 1.165) is 47.0 Å². The quantitative estimate of drug-likeness (QED) is 0.591. The molecule has 5 nitrogen and oxygen atoms in total. The summed E-state index contributed by atoms with van der Waals surface area (Å²) in [6.07, 6.45) is 0.837. The average molecular weight is 383 g/mol. The summed E-state index contributed by atoms with van der Waals surface area (Å²) in [7, 11) is 1.69. The number of hydrogen-bond acceptors (Lipinski definition) is 5. The van der Waals surface area contributed by atoms with Crippen LogP contribution in [-0.2, 0) is 6.42 Å². The Balaban J connectivity index is 1.69. The number of benzene rings is 2. The van der Waals surface area contributed by atoms with Crippen LogP contribution in [-0.4, -0.2) is 23.6 Å². The van der Waals surface area contributed by atoms with Gasteiger partial charge in [0.15, 0.2) is 0 Å². The lowest BCUT2D eigenvalue weighted by atomic mass is 10.1. The number of rotatable bonds is 7. The van der Waals surface area contributed by atoms with Gasteiger partial charge < -0.3 is 15.4 Å². The third-order valence-corrected chi connectivity index (χ3v) is 4.67. The van der Waals surface area contributed by atoms with Crippen LogP contribution in [0.3, 0.4) is 0 Å². The summed E-state index contributed by atoms with van der Waals surface area (Å²) < 4.78 is 5.40. The highest BCUT2D eigenvalue weighted by molar-refractivity contribution is 6.31. The molecular formula is C21H23ClN4O.